The molecule has 0 amide bonds. The van der Waals surface area contributed by atoms with E-state index in [0.29, 0.717) is 6.54 Å². The van der Waals surface area contributed by atoms with E-state index in [2.05, 4.69) is 49.2 Å². The maximum atomic E-state index is 5.73. The Morgan fingerprint density at radius 2 is 1.89 bits per heavy atom. The number of aryl methyl sites for hydroxylation is 2. The fourth-order valence-electron chi connectivity index (χ4n) is 2.18. The van der Waals surface area contributed by atoms with Gasteiger partial charge in [-0.15, -0.1) is 0 Å². The molecule has 0 aliphatic rings. The zero-order valence-electron chi connectivity index (χ0n) is 11.9. The first kappa shape index (κ1) is 13.7. The predicted octanol–water partition coefficient (Wildman–Crippen LogP) is 3.25. The number of anilines is 1. The van der Waals surface area contributed by atoms with Crippen molar-refractivity contribution in [1.29, 1.82) is 0 Å². The molecule has 102 valence electrons. The van der Waals surface area contributed by atoms with Crippen molar-refractivity contribution < 1.29 is 4.42 Å². The number of furan rings is 1. The topological polar surface area (TPSA) is 42.4 Å². The van der Waals surface area contributed by atoms with Gasteiger partial charge in [-0.1, -0.05) is 19.1 Å². The summed E-state index contributed by atoms with van der Waals surface area (Å²) >= 11 is 0. The molecule has 2 rings (SSSR count). The van der Waals surface area contributed by atoms with Crippen molar-refractivity contribution >= 4 is 5.69 Å². The lowest BCUT2D eigenvalue weighted by Gasteiger charge is -2.18. The Bertz CT molecular complexity index is 528. The first-order chi connectivity index (χ1) is 9.13. The van der Waals surface area contributed by atoms with Crippen molar-refractivity contribution in [3.8, 4) is 0 Å². The number of benzene rings is 1. The molecule has 1 aromatic heterocycles. The number of nitrogens with zero attached hydrogens (tertiary/aromatic N) is 1. The van der Waals surface area contributed by atoms with E-state index in [9.17, 15) is 0 Å². The highest BCUT2D eigenvalue weighted by Crippen LogP contribution is 2.20. The standard InChI is InChI=1S/C16H22N2O/c1-4-13-5-7-14(8-6-13)18(3)11-15-9-12(2)16(10-17)19-15/h5-9H,4,10-11,17H2,1-3H3. The van der Waals surface area contributed by atoms with Gasteiger partial charge in [0.1, 0.15) is 11.5 Å². The van der Waals surface area contributed by atoms with Crippen LogP contribution in [-0.4, -0.2) is 7.05 Å². The SMILES string of the molecule is CCc1ccc(N(C)Cc2cc(C)c(CN)o2)cc1. The highest BCUT2D eigenvalue weighted by Gasteiger charge is 2.09. The van der Waals surface area contributed by atoms with Crippen molar-refractivity contribution in [2.24, 2.45) is 5.73 Å². The van der Waals surface area contributed by atoms with Crippen molar-refractivity contribution in [3.05, 3.63) is 53.0 Å². The molecule has 0 fully saturated rings. The highest BCUT2D eigenvalue weighted by molar-refractivity contribution is 5.47. The number of rotatable bonds is 5. The summed E-state index contributed by atoms with van der Waals surface area (Å²) in [5, 5.41) is 0. The van der Waals surface area contributed by atoms with Gasteiger partial charge in [0.15, 0.2) is 0 Å². The molecule has 0 saturated heterocycles. The third-order valence-corrected chi connectivity index (χ3v) is 3.44. The summed E-state index contributed by atoms with van der Waals surface area (Å²) in [6.07, 6.45) is 1.07. The molecular weight excluding hydrogens is 236 g/mol. The summed E-state index contributed by atoms with van der Waals surface area (Å²) in [6, 6.07) is 10.7. The molecule has 0 spiro atoms. The molecule has 0 bridgehead atoms. The van der Waals surface area contributed by atoms with Crippen LogP contribution < -0.4 is 10.6 Å². The third-order valence-electron chi connectivity index (χ3n) is 3.44. The van der Waals surface area contributed by atoms with Crippen LogP contribution in [0.3, 0.4) is 0 Å². The summed E-state index contributed by atoms with van der Waals surface area (Å²) in [7, 11) is 2.07. The molecule has 2 N–H and O–H groups in total. The first-order valence-corrected chi connectivity index (χ1v) is 6.72. The van der Waals surface area contributed by atoms with Crippen molar-refractivity contribution in [2.45, 2.75) is 33.4 Å². The summed E-state index contributed by atoms with van der Waals surface area (Å²) in [6.45, 7) is 5.41. The maximum Gasteiger partial charge on any atom is 0.123 e. The van der Waals surface area contributed by atoms with Gasteiger partial charge in [0, 0.05) is 12.7 Å². The second-order valence-corrected chi connectivity index (χ2v) is 4.90. The van der Waals surface area contributed by atoms with Gasteiger partial charge in [0.2, 0.25) is 0 Å². The van der Waals surface area contributed by atoms with Crippen LogP contribution in [0.1, 0.15) is 29.6 Å². The lowest BCUT2D eigenvalue weighted by molar-refractivity contribution is 0.463. The van der Waals surface area contributed by atoms with Crippen LogP contribution in [-0.2, 0) is 19.5 Å². The Morgan fingerprint density at radius 1 is 1.21 bits per heavy atom. The molecule has 1 aromatic carbocycles. The van der Waals surface area contributed by atoms with Gasteiger partial charge in [-0.3, -0.25) is 0 Å². The molecule has 0 aliphatic carbocycles. The number of nitrogens with two attached hydrogens (primary N) is 1. The van der Waals surface area contributed by atoms with Crippen LogP contribution in [0.25, 0.3) is 0 Å². The molecule has 0 radical (unpaired) electrons. The van der Waals surface area contributed by atoms with E-state index in [-0.39, 0.29) is 0 Å². The van der Waals surface area contributed by atoms with Crippen LogP contribution in [0.4, 0.5) is 5.69 Å². The molecular formula is C16H22N2O. The quantitative estimate of drug-likeness (QED) is 0.895. The molecule has 0 atom stereocenters. The van der Waals surface area contributed by atoms with Crippen LogP contribution in [0.15, 0.2) is 34.7 Å². The molecule has 0 saturated carbocycles. The number of hydrogen-bond acceptors (Lipinski definition) is 3. The van der Waals surface area contributed by atoms with Gasteiger partial charge in [0.25, 0.3) is 0 Å². The largest absolute Gasteiger partial charge is 0.463 e. The van der Waals surface area contributed by atoms with E-state index in [1.807, 2.05) is 6.92 Å². The second-order valence-electron chi connectivity index (χ2n) is 4.90. The zero-order valence-corrected chi connectivity index (χ0v) is 11.9. The molecule has 1 heterocycles. The number of hydrogen-bond donors (Lipinski definition) is 1. The predicted molar refractivity (Wildman–Crippen MR) is 79.3 cm³/mol. The third kappa shape index (κ3) is 3.18. The van der Waals surface area contributed by atoms with Crippen molar-refractivity contribution in [1.82, 2.24) is 0 Å². The van der Waals surface area contributed by atoms with Gasteiger partial charge in [0.05, 0.1) is 13.1 Å². The smallest absolute Gasteiger partial charge is 0.123 e. The van der Waals surface area contributed by atoms with Gasteiger partial charge >= 0.3 is 0 Å². The molecule has 0 unspecified atom stereocenters. The Kier molecular flexibility index (Phi) is 4.27. The lowest BCUT2D eigenvalue weighted by Crippen LogP contribution is -2.15. The van der Waals surface area contributed by atoms with Gasteiger partial charge < -0.3 is 15.1 Å². The van der Waals surface area contributed by atoms with E-state index in [1.165, 1.54) is 11.3 Å². The van der Waals surface area contributed by atoms with Gasteiger partial charge in [-0.25, -0.2) is 0 Å². The Balaban J connectivity index is 2.08. The van der Waals surface area contributed by atoms with E-state index in [0.717, 1.165) is 30.0 Å². The molecule has 3 nitrogen and oxygen atoms in total. The lowest BCUT2D eigenvalue weighted by atomic mass is 10.1. The highest BCUT2D eigenvalue weighted by atomic mass is 16.3. The Morgan fingerprint density at radius 3 is 2.42 bits per heavy atom. The minimum absolute atomic E-state index is 0.459. The van der Waals surface area contributed by atoms with E-state index in [1.54, 1.807) is 0 Å². The fraction of sp³-hybridized carbons (Fsp3) is 0.375. The monoisotopic (exact) mass is 258 g/mol. The van der Waals surface area contributed by atoms with Crippen LogP contribution in [0, 0.1) is 6.92 Å². The molecule has 2 aromatic rings. The average Bonchev–Trinajstić information content (AvgIpc) is 2.78. The zero-order chi connectivity index (χ0) is 13.8. The van der Waals surface area contributed by atoms with Gasteiger partial charge in [-0.05, 0) is 42.7 Å². The molecule has 0 aliphatic heterocycles. The summed E-state index contributed by atoms with van der Waals surface area (Å²) in [5.41, 5.74) is 9.31. The molecule has 3 heteroatoms. The van der Waals surface area contributed by atoms with Crippen LogP contribution >= 0.6 is 0 Å². The first-order valence-electron chi connectivity index (χ1n) is 6.72. The minimum Gasteiger partial charge on any atom is -0.463 e. The van der Waals surface area contributed by atoms with E-state index in [4.69, 9.17) is 10.2 Å². The fourth-order valence-corrected chi connectivity index (χ4v) is 2.18. The second kappa shape index (κ2) is 5.93. The van der Waals surface area contributed by atoms with Crippen LogP contribution in [0.5, 0.6) is 0 Å². The maximum absolute atomic E-state index is 5.73. The van der Waals surface area contributed by atoms with Gasteiger partial charge in [-0.2, -0.15) is 0 Å². The Labute approximate surface area is 115 Å². The molecule has 19 heavy (non-hydrogen) atoms. The van der Waals surface area contributed by atoms with Crippen molar-refractivity contribution in [2.75, 3.05) is 11.9 Å². The summed E-state index contributed by atoms with van der Waals surface area (Å²) < 4.78 is 5.73. The normalized spacial score (nSPS) is 10.7. The van der Waals surface area contributed by atoms with E-state index < -0.39 is 0 Å². The summed E-state index contributed by atoms with van der Waals surface area (Å²) in [5.74, 6) is 1.84. The van der Waals surface area contributed by atoms with Crippen molar-refractivity contribution in [3.63, 3.8) is 0 Å². The summed E-state index contributed by atoms with van der Waals surface area (Å²) in [4.78, 5) is 2.18. The average molecular weight is 258 g/mol. The van der Waals surface area contributed by atoms with E-state index >= 15 is 0 Å². The minimum atomic E-state index is 0.459. The Hall–Kier alpha value is -1.74. The van der Waals surface area contributed by atoms with Crippen LogP contribution in [0.2, 0.25) is 0 Å².